The topological polar surface area (TPSA) is 62.4 Å². The molecule has 0 unspecified atom stereocenters. The Bertz CT molecular complexity index is 3020. The smallest absolute Gasteiger partial charge is 0.103 e. The summed E-state index contributed by atoms with van der Waals surface area (Å²) in [7, 11) is 0. The normalized spacial score (nSPS) is 11.6. The predicted octanol–water partition coefficient (Wildman–Crippen LogP) is 10.7. The Hall–Kier alpha value is -7.08. The van der Waals surface area contributed by atoms with Crippen molar-refractivity contribution in [3.8, 4) is 29.2 Å². The maximum Gasteiger partial charge on any atom is 0.103 e. The van der Waals surface area contributed by atoms with Crippen molar-refractivity contribution < 1.29 is 0 Å². The molecule has 0 N–H and O–H groups in total. The summed E-state index contributed by atoms with van der Waals surface area (Å²) >= 11 is 0. The van der Waals surface area contributed by atoms with Crippen molar-refractivity contribution >= 4 is 65.4 Å². The van der Waals surface area contributed by atoms with E-state index in [1.165, 1.54) is 0 Å². The molecule has 0 aliphatic carbocycles. The molecule has 3 aromatic heterocycles. The van der Waals surface area contributed by atoms with Crippen LogP contribution in [0.15, 0.2) is 152 Å². The molecule has 0 bridgehead atoms. The van der Waals surface area contributed by atoms with Gasteiger partial charge in [0.15, 0.2) is 0 Å². The summed E-state index contributed by atoms with van der Waals surface area (Å²) in [5, 5.41) is 28.2. The Kier molecular flexibility index (Phi) is 5.64. The third-order valence-corrected chi connectivity index (χ3v) is 9.93. The van der Waals surface area contributed by atoms with Crippen LogP contribution in [-0.2, 0) is 0 Å². The second-order valence-corrected chi connectivity index (χ2v) is 12.4. The molecule has 0 radical (unpaired) electrons. The fourth-order valence-corrected chi connectivity index (χ4v) is 7.91. The number of rotatable bonds is 3. The van der Waals surface area contributed by atoms with Gasteiger partial charge >= 0.3 is 0 Å². The highest BCUT2D eigenvalue weighted by Crippen LogP contribution is 2.41. The molecule has 0 amide bonds. The fraction of sp³-hybridized carbons (Fsp3) is 0. The minimum absolute atomic E-state index is 0.344. The van der Waals surface area contributed by atoms with Crippen LogP contribution in [0.5, 0.6) is 0 Å². The van der Waals surface area contributed by atoms with Crippen LogP contribution in [0.25, 0.3) is 82.5 Å². The van der Waals surface area contributed by atoms with E-state index in [9.17, 15) is 10.5 Å². The molecule has 0 aliphatic rings. The van der Waals surface area contributed by atoms with Crippen LogP contribution in [0.2, 0.25) is 0 Å². The van der Waals surface area contributed by atoms with Gasteiger partial charge in [0.05, 0.1) is 55.6 Å². The molecule has 0 spiro atoms. The molecule has 49 heavy (non-hydrogen) atoms. The van der Waals surface area contributed by atoms with E-state index in [1.54, 1.807) is 0 Å². The van der Waals surface area contributed by atoms with Crippen molar-refractivity contribution in [2.45, 2.75) is 0 Å². The molecule has 10 aromatic rings. The van der Waals surface area contributed by atoms with Gasteiger partial charge in [0.2, 0.25) is 0 Å². The average molecular weight is 624 g/mol. The molecular weight excluding hydrogens is 599 g/mol. The molecule has 0 atom stereocenters. The summed E-state index contributed by atoms with van der Waals surface area (Å²) in [5.74, 6) is 0. The highest BCUT2D eigenvalue weighted by molar-refractivity contribution is 6.19. The van der Waals surface area contributed by atoms with E-state index in [2.05, 4.69) is 129 Å². The lowest BCUT2D eigenvalue weighted by molar-refractivity contribution is 1.12. The first-order valence-corrected chi connectivity index (χ1v) is 16.2. The first kappa shape index (κ1) is 27.1. The van der Waals surface area contributed by atoms with Crippen molar-refractivity contribution in [2.24, 2.45) is 0 Å². The summed E-state index contributed by atoms with van der Waals surface area (Å²) in [6.07, 6.45) is 0. The van der Waals surface area contributed by atoms with Crippen LogP contribution >= 0.6 is 0 Å². The summed E-state index contributed by atoms with van der Waals surface area (Å²) in [6.45, 7) is 0. The van der Waals surface area contributed by atoms with Gasteiger partial charge in [0.25, 0.3) is 0 Å². The Balaban J connectivity index is 1.31. The maximum atomic E-state index is 10.8. The van der Waals surface area contributed by atoms with Gasteiger partial charge in [-0.2, -0.15) is 10.5 Å². The zero-order chi connectivity index (χ0) is 32.6. The molecular formula is C44H25N5. The van der Waals surface area contributed by atoms with Crippen LogP contribution < -0.4 is 0 Å². The summed E-state index contributed by atoms with van der Waals surface area (Å²) in [6, 6.07) is 57.1. The molecule has 5 nitrogen and oxygen atoms in total. The van der Waals surface area contributed by atoms with Gasteiger partial charge in [0, 0.05) is 38.0 Å². The van der Waals surface area contributed by atoms with Gasteiger partial charge in [-0.25, -0.2) is 0 Å². The minimum atomic E-state index is 0.344. The molecule has 0 saturated carbocycles. The Morgan fingerprint density at radius 3 is 1.12 bits per heavy atom. The lowest BCUT2D eigenvalue weighted by atomic mass is 10.0. The monoisotopic (exact) mass is 623 g/mol. The number of aromatic nitrogens is 3. The van der Waals surface area contributed by atoms with E-state index < -0.39 is 0 Å². The Labute approximate surface area is 280 Å². The molecule has 3 heterocycles. The van der Waals surface area contributed by atoms with Crippen molar-refractivity contribution in [3.05, 3.63) is 163 Å². The number of hydrogen-bond donors (Lipinski definition) is 0. The standard InChI is InChI=1S/C44H25N5/c45-26-35-36(27-46)42(23-22-41(35)48-38-19-9-4-14-29(38)30-15-5-10-20-39(30)48)49-40-21-11-7-17-32(40)34-24-43-33(25-44(34)49)31-16-6-8-18-37(31)47(43)28-12-2-1-3-13-28/h1-25H. The van der Waals surface area contributed by atoms with Crippen molar-refractivity contribution in [1.29, 1.82) is 10.5 Å². The number of fused-ring (bicyclic) bond motifs is 9. The van der Waals surface area contributed by atoms with Crippen molar-refractivity contribution in [3.63, 3.8) is 0 Å². The molecule has 0 aliphatic heterocycles. The predicted molar refractivity (Wildman–Crippen MR) is 199 cm³/mol. The lowest BCUT2D eigenvalue weighted by Crippen LogP contribution is -2.05. The third kappa shape index (κ3) is 3.67. The highest BCUT2D eigenvalue weighted by Gasteiger charge is 2.23. The number of nitriles is 2. The van der Waals surface area contributed by atoms with Crippen LogP contribution in [0, 0.1) is 22.7 Å². The van der Waals surface area contributed by atoms with E-state index >= 15 is 0 Å². The van der Waals surface area contributed by atoms with Gasteiger partial charge in [-0.15, -0.1) is 0 Å². The number of para-hydroxylation sites is 5. The molecule has 7 aromatic carbocycles. The number of benzene rings is 7. The SMILES string of the molecule is N#Cc1c(-n2c3ccccc3c3ccccc32)ccc(-n2c3ccccc3c3cc4c(cc32)c2ccccc2n4-c2ccccc2)c1C#N. The summed E-state index contributed by atoms with van der Waals surface area (Å²) in [5.41, 5.74) is 9.35. The maximum absolute atomic E-state index is 10.8. The molecule has 10 rings (SSSR count). The van der Waals surface area contributed by atoms with Gasteiger partial charge < -0.3 is 13.7 Å². The van der Waals surface area contributed by atoms with Gasteiger partial charge in [-0.1, -0.05) is 91.0 Å². The van der Waals surface area contributed by atoms with E-state index in [4.69, 9.17) is 0 Å². The second-order valence-electron chi connectivity index (χ2n) is 12.4. The Morgan fingerprint density at radius 1 is 0.327 bits per heavy atom. The Morgan fingerprint density at radius 2 is 0.673 bits per heavy atom. The van der Waals surface area contributed by atoms with Crippen LogP contribution in [-0.4, -0.2) is 13.7 Å². The molecule has 226 valence electrons. The zero-order valence-electron chi connectivity index (χ0n) is 26.2. The zero-order valence-corrected chi connectivity index (χ0v) is 26.2. The van der Waals surface area contributed by atoms with E-state index in [0.717, 1.165) is 71.1 Å². The fourth-order valence-electron chi connectivity index (χ4n) is 7.91. The minimum Gasteiger partial charge on any atom is -0.309 e. The van der Waals surface area contributed by atoms with Gasteiger partial charge in [0.1, 0.15) is 12.1 Å². The largest absolute Gasteiger partial charge is 0.309 e. The van der Waals surface area contributed by atoms with Crippen LogP contribution in [0.4, 0.5) is 0 Å². The van der Waals surface area contributed by atoms with E-state index in [0.29, 0.717) is 22.5 Å². The van der Waals surface area contributed by atoms with Gasteiger partial charge in [-0.3, -0.25) is 0 Å². The van der Waals surface area contributed by atoms with E-state index in [1.807, 2.05) is 48.5 Å². The summed E-state index contributed by atoms with van der Waals surface area (Å²) in [4.78, 5) is 0. The first-order chi connectivity index (χ1) is 24.3. The number of hydrogen-bond acceptors (Lipinski definition) is 2. The van der Waals surface area contributed by atoms with Crippen LogP contribution in [0.3, 0.4) is 0 Å². The molecule has 5 heteroatoms. The van der Waals surface area contributed by atoms with Crippen molar-refractivity contribution in [2.75, 3.05) is 0 Å². The highest BCUT2D eigenvalue weighted by atomic mass is 15.0. The first-order valence-electron chi connectivity index (χ1n) is 16.2. The van der Waals surface area contributed by atoms with E-state index in [-0.39, 0.29) is 0 Å². The molecule has 0 fully saturated rings. The summed E-state index contributed by atoms with van der Waals surface area (Å²) < 4.78 is 6.60. The third-order valence-electron chi connectivity index (χ3n) is 9.93. The molecule has 0 saturated heterocycles. The average Bonchev–Trinajstić information content (AvgIpc) is 3.79. The van der Waals surface area contributed by atoms with Gasteiger partial charge in [-0.05, 0) is 60.7 Å². The lowest BCUT2D eigenvalue weighted by Gasteiger charge is -2.16. The second kappa shape index (κ2) is 10.2. The van der Waals surface area contributed by atoms with Crippen molar-refractivity contribution in [1.82, 2.24) is 13.7 Å². The number of nitrogens with zero attached hydrogens (tertiary/aromatic N) is 5. The van der Waals surface area contributed by atoms with Crippen LogP contribution in [0.1, 0.15) is 11.1 Å². The quantitative estimate of drug-likeness (QED) is 0.197.